The van der Waals surface area contributed by atoms with E-state index < -0.39 is 39.1 Å². The number of alkyl halides is 3. The largest absolute Gasteiger partial charge is 0.416 e. The fourth-order valence-corrected chi connectivity index (χ4v) is 3.62. The van der Waals surface area contributed by atoms with Crippen LogP contribution in [0.2, 0.25) is 0 Å². The number of halogens is 3. The molecule has 0 spiro atoms. The number of rotatable bonds is 7. The number of fused-ring (bicyclic) bond motifs is 1. The number of hydrogen-bond donors (Lipinski definition) is 3. The van der Waals surface area contributed by atoms with Crippen LogP contribution < -0.4 is 10.0 Å². The summed E-state index contributed by atoms with van der Waals surface area (Å²) < 4.78 is 64.5. The summed E-state index contributed by atoms with van der Waals surface area (Å²) in [6.07, 6.45) is -4.26. The van der Waals surface area contributed by atoms with Gasteiger partial charge in [0.05, 0.1) is 28.0 Å². The molecule has 0 bridgehead atoms. The molecule has 0 atom stereocenters. The van der Waals surface area contributed by atoms with Crippen LogP contribution in [0.1, 0.15) is 11.4 Å². The van der Waals surface area contributed by atoms with Crippen LogP contribution >= 0.6 is 0 Å². The Labute approximate surface area is 164 Å². The van der Waals surface area contributed by atoms with Gasteiger partial charge in [-0.2, -0.15) is 13.2 Å². The van der Waals surface area contributed by atoms with Crippen LogP contribution in [-0.4, -0.2) is 37.4 Å². The van der Waals surface area contributed by atoms with Crippen molar-refractivity contribution >= 4 is 27.0 Å². The van der Waals surface area contributed by atoms with Crippen LogP contribution in [0, 0.1) is 0 Å². The van der Waals surface area contributed by atoms with Crippen LogP contribution in [-0.2, 0) is 27.4 Å². The van der Waals surface area contributed by atoms with Crippen LogP contribution in [0.25, 0.3) is 11.0 Å². The molecule has 0 radical (unpaired) electrons. The smallest absolute Gasteiger partial charge is 0.355 e. The summed E-state index contributed by atoms with van der Waals surface area (Å²) in [6.45, 7) is -0.386. The van der Waals surface area contributed by atoms with E-state index in [0.717, 1.165) is 29.2 Å². The molecule has 1 amide bonds. The number of aromatic nitrogens is 2. The molecule has 29 heavy (non-hydrogen) atoms. The molecule has 154 valence electrons. The van der Waals surface area contributed by atoms with Crippen LogP contribution in [0.4, 0.5) is 13.2 Å². The highest BCUT2D eigenvalue weighted by molar-refractivity contribution is 7.89. The highest BCUT2D eigenvalue weighted by atomic mass is 32.2. The molecule has 3 N–H and O–H groups in total. The number of sulfonamides is 1. The molecule has 0 fully saturated rings. The van der Waals surface area contributed by atoms with E-state index in [4.69, 9.17) is 0 Å². The van der Waals surface area contributed by atoms with E-state index in [1.165, 1.54) is 0 Å². The van der Waals surface area contributed by atoms with Crippen molar-refractivity contribution in [2.75, 3.05) is 13.1 Å². The number of imidazole rings is 1. The van der Waals surface area contributed by atoms with Crippen molar-refractivity contribution in [2.45, 2.75) is 17.5 Å². The minimum Gasteiger partial charge on any atom is -0.355 e. The first-order valence-electron chi connectivity index (χ1n) is 8.52. The maximum absolute atomic E-state index is 12.7. The first-order valence-corrected chi connectivity index (χ1v) is 10.0. The van der Waals surface area contributed by atoms with E-state index in [1.807, 2.05) is 29.0 Å². The molecule has 0 saturated heterocycles. The molecule has 7 nitrogen and oxygen atoms in total. The fraction of sp³-hybridized carbons (Fsp3) is 0.222. The quantitative estimate of drug-likeness (QED) is 0.539. The first kappa shape index (κ1) is 20.8. The Hall–Kier alpha value is -2.92. The van der Waals surface area contributed by atoms with Gasteiger partial charge in [-0.25, -0.2) is 18.1 Å². The molecule has 0 aliphatic rings. The summed E-state index contributed by atoms with van der Waals surface area (Å²) in [6, 6.07) is 10.7. The number of amides is 1. The number of nitrogens with one attached hydrogen (secondary N) is 3. The third kappa shape index (κ3) is 5.33. The normalized spacial score (nSPS) is 12.2. The molecular weight excluding hydrogens is 409 g/mol. The predicted octanol–water partition coefficient (Wildman–Crippen LogP) is 2.22. The van der Waals surface area contributed by atoms with Gasteiger partial charge >= 0.3 is 6.18 Å². The Kier molecular flexibility index (Phi) is 5.89. The molecular formula is C18H17F3N4O3S. The van der Waals surface area contributed by atoms with E-state index in [9.17, 15) is 26.4 Å². The molecule has 0 unspecified atom stereocenters. The molecule has 1 heterocycles. The summed E-state index contributed by atoms with van der Waals surface area (Å²) in [5, 5.41) is 2.53. The zero-order valence-corrected chi connectivity index (χ0v) is 15.8. The summed E-state index contributed by atoms with van der Waals surface area (Å²) in [7, 11) is -4.26. The van der Waals surface area contributed by atoms with Crippen LogP contribution in [0.15, 0.2) is 53.4 Å². The topological polar surface area (TPSA) is 104 Å². The van der Waals surface area contributed by atoms with Crippen LogP contribution in [0.5, 0.6) is 0 Å². The van der Waals surface area contributed by atoms with E-state index in [0.29, 0.717) is 18.3 Å². The molecule has 3 rings (SSSR count). The summed E-state index contributed by atoms with van der Waals surface area (Å²) in [5.74, 6) is 0.0488. The Bertz CT molecular complexity index is 1090. The monoisotopic (exact) mass is 426 g/mol. The van der Waals surface area contributed by atoms with Gasteiger partial charge in [0.1, 0.15) is 5.82 Å². The van der Waals surface area contributed by atoms with Crippen molar-refractivity contribution in [3.63, 3.8) is 0 Å². The number of H-pyrrole nitrogens is 1. The lowest BCUT2D eigenvalue weighted by molar-refractivity contribution is -0.137. The molecule has 0 aliphatic carbocycles. The van der Waals surface area contributed by atoms with Gasteiger partial charge in [-0.3, -0.25) is 4.79 Å². The molecule has 0 saturated carbocycles. The van der Waals surface area contributed by atoms with Gasteiger partial charge in [0.25, 0.3) is 0 Å². The number of carbonyl (C=O) groups is 1. The lowest BCUT2D eigenvalue weighted by atomic mass is 10.2. The second-order valence-electron chi connectivity index (χ2n) is 6.15. The highest BCUT2D eigenvalue weighted by Gasteiger charge is 2.31. The fourth-order valence-electron chi connectivity index (χ4n) is 2.59. The third-order valence-corrected chi connectivity index (χ3v) is 5.42. The Morgan fingerprint density at radius 1 is 1.10 bits per heavy atom. The van der Waals surface area contributed by atoms with Gasteiger partial charge < -0.3 is 10.3 Å². The average Bonchev–Trinajstić information content (AvgIpc) is 3.09. The number of para-hydroxylation sites is 2. The zero-order chi connectivity index (χ0) is 21.1. The summed E-state index contributed by atoms with van der Waals surface area (Å²) in [4.78, 5) is 18.7. The van der Waals surface area contributed by atoms with Gasteiger partial charge in [-0.15, -0.1) is 0 Å². The van der Waals surface area contributed by atoms with E-state index in [1.54, 1.807) is 0 Å². The number of hydrogen-bond acceptors (Lipinski definition) is 4. The first-order chi connectivity index (χ1) is 13.6. The molecule has 1 aromatic heterocycles. The molecule has 3 aromatic rings. The van der Waals surface area contributed by atoms with E-state index in [-0.39, 0.29) is 6.54 Å². The maximum atomic E-state index is 12.7. The molecule has 2 aromatic carbocycles. The van der Waals surface area contributed by atoms with Gasteiger partial charge in [0, 0.05) is 13.0 Å². The SMILES string of the molecule is O=C(CNS(=O)(=O)c1cccc(C(F)(F)F)c1)NCCc1nc2ccccc2[nH]1. The van der Waals surface area contributed by atoms with Gasteiger partial charge in [-0.1, -0.05) is 18.2 Å². The van der Waals surface area contributed by atoms with Gasteiger partial charge in [0.15, 0.2) is 0 Å². The second kappa shape index (κ2) is 8.21. The zero-order valence-electron chi connectivity index (χ0n) is 15.0. The lowest BCUT2D eigenvalue weighted by Gasteiger charge is -2.10. The number of nitrogens with zero attached hydrogens (tertiary/aromatic N) is 1. The summed E-state index contributed by atoms with van der Waals surface area (Å²) >= 11 is 0. The van der Waals surface area contributed by atoms with Crippen LogP contribution in [0.3, 0.4) is 0 Å². The third-order valence-electron chi connectivity index (χ3n) is 4.02. The van der Waals surface area contributed by atoms with E-state index in [2.05, 4.69) is 15.3 Å². The Balaban J connectivity index is 1.52. The average molecular weight is 426 g/mol. The standard InChI is InChI=1S/C18H17F3N4O3S/c19-18(20,21)12-4-3-5-13(10-12)29(27,28)23-11-17(26)22-9-8-16-24-14-6-1-2-7-15(14)25-16/h1-7,10,23H,8-9,11H2,(H,22,26)(H,24,25). The van der Waals surface area contributed by atoms with Crippen molar-refractivity contribution in [1.29, 1.82) is 0 Å². The molecule has 0 aliphatic heterocycles. The van der Waals surface area contributed by atoms with Gasteiger partial charge in [-0.05, 0) is 30.3 Å². The number of aromatic amines is 1. The number of benzene rings is 2. The summed E-state index contributed by atoms with van der Waals surface area (Å²) in [5.41, 5.74) is 0.570. The molecule has 11 heteroatoms. The minimum absolute atomic E-state index is 0.212. The van der Waals surface area contributed by atoms with Crippen molar-refractivity contribution < 1.29 is 26.4 Å². The number of carbonyl (C=O) groups excluding carboxylic acids is 1. The highest BCUT2D eigenvalue weighted by Crippen LogP contribution is 2.30. The van der Waals surface area contributed by atoms with Crippen molar-refractivity contribution in [2.24, 2.45) is 0 Å². The van der Waals surface area contributed by atoms with Crippen molar-refractivity contribution in [3.8, 4) is 0 Å². The van der Waals surface area contributed by atoms with E-state index >= 15 is 0 Å². The van der Waals surface area contributed by atoms with Crippen molar-refractivity contribution in [1.82, 2.24) is 20.0 Å². The van der Waals surface area contributed by atoms with Gasteiger partial charge in [0.2, 0.25) is 15.9 Å². The Morgan fingerprint density at radius 3 is 2.59 bits per heavy atom. The van der Waals surface area contributed by atoms with Crippen molar-refractivity contribution in [3.05, 3.63) is 59.9 Å². The predicted molar refractivity (Wildman–Crippen MR) is 99.4 cm³/mol. The second-order valence-corrected chi connectivity index (χ2v) is 7.92. The minimum atomic E-state index is -4.67. The lowest BCUT2D eigenvalue weighted by Crippen LogP contribution is -2.37. The Morgan fingerprint density at radius 2 is 1.86 bits per heavy atom. The maximum Gasteiger partial charge on any atom is 0.416 e.